The third-order valence-electron chi connectivity index (χ3n) is 3.18. The van der Waals surface area contributed by atoms with Gasteiger partial charge in [-0.2, -0.15) is 4.31 Å². The molecule has 1 aliphatic rings. The van der Waals surface area contributed by atoms with Crippen LogP contribution in [-0.4, -0.2) is 44.9 Å². The fraction of sp³-hybridized carbons (Fsp3) is 0.545. The zero-order chi connectivity index (χ0) is 14.0. The Morgan fingerprint density at radius 3 is 3.00 bits per heavy atom. The zero-order valence-electron chi connectivity index (χ0n) is 10.5. The molecule has 0 bridgehead atoms. The Bertz CT molecular complexity index is 567. The van der Waals surface area contributed by atoms with Gasteiger partial charge in [0.05, 0.1) is 7.11 Å². The molecule has 2 rings (SSSR count). The molecule has 0 aliphatic carbocycles. The smallest absolute Gasteiger partial charge is 0.349 e. The lowest BCUT2D eigenvalue weighted by Gasteiger charge is -2.22. The van der Waals surface area contributed by atoms with Gasteiger partial charge in [0.25, 0.3) is 0 Å². The van der Waals surface area contributed by atoms with Gasteiger partial charge in [-0.1, -0.05) is 0 Å². The summed E-state index contributed by atoms with van der Waals surface area (Å²) in [5.74, 6) is -0.628. The molecule has 1 aromatic rings. The van der Waals surface area contributed by atoms with E-state index in [1.165, 1.54) is 17.5 Å². The highest BCUT2D eigenvalue weighted by Crippen LogP contribution is 2.30. The fourth-order valence-electron chi connectivity index (χ4n) is 2.23. The first-order valence-corrected chi connectivity index (χ1v) is 8.22. The molecule has 106 valence electrons. The molecule has 0 saturated carbocycles. The summed E-state index contributed by atoms with van der Waals surface area (Å²) in [4.78, 5) is 11.7. The number of thiophene rings is 1. The minimum atomic E-state index is -3.68. The predicted octanol–water partition coefficient (Wildman–Crippen LogP) is 0.647. The first-order chi connectivity index (χ1) is 9.02. The summed E-state index contributed by atoms with van der Waals surface area (Å²) in [6.45, 7) is 0.734. The van der Waals surface area contributed by atoms with E-state index in [0.29, 0.717) is 6.54 Å². The second-order valence-electron chi connectivity index (χ2n) is 4.25. The minimum Gasteiger partial charge on any atom is -0.465 e. The van der Waals surface area contributed by atoms with E-state index < -0.39 is 16.0 Å². The monoisotopic (exact) mass is 304 g/mol. The van der Waals surface area contributed by atoms with E-state index in [-0.39, 0.29) is 22.4 Å². The Morgan fingerprint density at radius 2 is 2.37 bits per heavy atom. The molecular formula is C11H16N2O4S2. The van der Waals surface area contributed by atoms with Crippen molar-refractivity contribution >= 4 is 27.3 Å². The highest BCUT2D eigenvalue weighted by molar-refractivity contribution is 7.89. The molecule has 0 spiro atoms. The van der Waals surface area contributed by atoms with Crippen LogP contribution in [0.3, 0.4) is 0 Å². The fourth-order valence-corrected chi connectivity index (χ4v) is 5.24. The third-order valence-corrected chi connectivity index (χ3v) is 6.20. The Kier molecular flexibility index (Phi) is 4.24. The Morgan fingerprint density at radius 1 is 1.63 bits per heavy atom. The van der Waals surface area contributed by atoms with E-state index in [0.717, 1.165) is 24.2 Å². The summed E-state index contributed by atoms with van der Waals surface area (Å²) >= 11 is 1.07. The van der Waals surface area contributed by atoms with Gasteiger partial charge >= 0.3 is 5.97 Å². The number of carbonyl (C=O) groups is 1. The topological polar surface area (TPSA) is 89.7 Å². The van der Waals surface area contributed by atoms with Crippen molar-refractivity contribution in [3.63, 3.8) is 0 Å². The molecule has 1 aliphatic heterocycles. The molecule has 1 unspecified atom stereocenters. The number of nitrogens with two attached hydrogens (primary N) is 1. The lowest BCUT2D eigenvalue weighted by molar-refractivity contribution is 0.0602. The number of rotatable bonds is 4. The lowest BCUT2D eigenvalue weighted by Crippen LogP contribution is -2.40. The van der Waals surface area contributed by atoms with Gasteiger partial charge in [-0.25, -0.2) is 13.2 Å². The Labute approximate surface area is 116 Å². The molecule has 19 heavy (non-hydrogen) atoms. The summed E-state index contributed by atoms with van der Waals surface area (Å²) in [6, 6.07) is 1.26. The maximum atomic E-state index is 12.6. The van der Waals surface area contributed by atoms with Gasteiger partial charge in [-0.3, -0.25) is 0 Å². The van der Waals surface area contributed by atoms with Crippen LogP contribution < -0.4 is 5.73 Å². The van der Waals surface area contributed by atoms with Crippen LogP contribution in [0.1, 0.15) is 22.5 Å². The van der Waals surface area contributed by atoms with Crippen LogP contribution in [0.25, 0.3) is 0 Å². The predicted molar refractivity (Wildman–Crippen MR) is 71.6 cm³/mol. The summed E-state index contributed by atoms with van der Waals surface area (Å²) in [6.07, 6.45) is 1.55. The van der Waals surface area contributed by atoms with Crippen molar-refractivity contribution < 1.29 is 17.9 Å². The van der Waals surface area contributed by atoms with E-state index in [9.17, 15) is 13.2 Å². The summed E-state index contributed by atoms with van der Waals surface area (Å²) in [5, 5.41) is 1.58. The molecule has 1 saturated heterocycles. The summed E-state index contributed by atoms with van der Waals surface area (Å²) in [5.41, 5.74) is 5.60. The van der Waals surface area contributed by atoms with Crippen LogP contribution in [0.4, 0.5) is 0 Å². The highest BCUT2D eigenvalue weighted by Gasteiger charge is 2.37. The average molecular weight is 304 g/mol. The number of sulfonamides is 1. The quantitative estimate of drug-likeness (QED) is 0.825. The van der Waals surface area contributed by atoms with Crippen molar-refractivity contribution in [3.8, 4) is 0 Å². The molecule has 2 heterocycles. The maximum Gasteiger partial charge on any atom is 0.349 e. The second kappa shape index (κ2) is 5.58. The largest absolute Gasteiger partial charge is 0.465 e. The van der Waals surface area contributed by atoms with Gasteiger partial charge in [0.1, 0.15) is 9.77 Å². The molecule has 6 nitrogen and oxygen atoms in total. The summed E-state index contributed by atoms with van der Waals surface area (Å²) in [7, 11) is -2.45. The van der Waals surface area contributed by atoms with Gasteiger partial charge in [-0.05, 0) is 24.3 Å². The maximum absolute atomic E-state index is 12.6. The number of esters is 1. The normalized spacial score (nSPS) is 20.6. The molecular weight excluding hydrogens is 288 g/mol. The number of hydrogen-bond acceptors (Lipinski definition) is 6. The van der Waals surface area contributed by atoms with Crippen molar-refractivity contribution in [2.45, 2.75) is 23.8 Å². The van der Waals surface area contributed by atoms with Crippen molar-refractivity contribution in [2.24, 2.45) is 5.73 Å². The van der Waals surface area contributed by atoms with Gasteiger partial charge in [0, 0.05) is 19.1 Å². The van der Waals surface area contributed by atoms with E-state index in [1.54, 1.807) is 5.38 Å². The van der Waals surface area contributed by atoms with Crippen LogP contribution in [-0.2, 0) is 14.8 Å². The SMILES string of the molecule is COC(=O)c1sccc1S(=O)(=O)N1CCCC1CN. The van der Waals surface area contributed by atoms with Gasteiger partial charge in [0.15, 0.2) is 0 Å². The lowest BCUT2D eigenvalue weighted by atomic mass is 10.2. The number of carbonyl (C=O) groups excluding carboxylic acids is 1. The first-order valence-electron chi connectivity index (χ1n) is 5.90. The number of methoxy groups -OCH3 is 1. The molecule has 0 aromatic carbocycles. The van der Waals surface area contributed by atoms with Gasteiger partial charge in [-0.15, -0.1) is 11.3 Å². The Hall–Kier alpha value is -0.960. The summed E-state index contributed by atoms with van der Waals surface area (Å²) < 4.78 is 31.2. The molecule has 1 aromatic heterocycles. The third kappa shape index (κ3) is 2.53. The van der Waals surface area contributed by atoms with Crippen LogP contribution in [0.5, 0.6) is 0 Å². The van der Waals surface area contributed by atoms with Crippen molar-refractivity contribution in [1.82, 2.24) is 4.31 Å². The van der Waals surface area contributed by atoms with E-state index in [4.69, 9.17) is 5.73 Å². The van der Waals surface area contributed by atoms with Crippen LogP contribution >= 0.6 is 11.3 Å². The van der Waals surface area contributed by atoms with Crippen molar-refractivity contribution in [3.05, 3.63) is 16.3 Å². The van der Waals surface area contributed by atoms with E-state index >= 15 is 0 Å². The molecule has 8 heteroatoms. The van der Waals surface area contributed by atoms with Crippen LogP contribution in [0.2, 0.25) is 0 Å². The molecule has 1 atom stereocenters. The second-order valence-corrected chi connectivity index (χ2v) is 7.03. The van der Waals surface area contributed by atoms with Gasteiger partial charge < -0.3 is 10.5 Å². The van der Waals surface area contributed by atoms with E-state index in [2.05, 4.69) is 4.74 Å². The minimum absolute atomic E-state index is 0.0182. The molecule has 0 amide bonds. The average Bonchev–Trinajstić information content (AvgIpc) is 3.06. The Balaban J connectivity index is 2.40. The standard InChI is InChI=1S/C11H16N2O4S2/c1-17-11(14)10-9(4-6-18-10)19(15,16)13-5-2-3-8(13)7-12/h4,6,8H,2-3,5,7,12H2,1H3. The molecule has 0 radical (unpaired) electrons. The number of hydrogen-bond donors (Lipinski definition) is 1. The van der Waals surface area contributed by atoms with Crippen LogP contribution in [0.15, 0.2) is 16.3 Å². The van der Waals surface area contributed by atoms with Gasteiger partial charge in [0.2, 0.25) is 10.0 Å². The van der Waals surface area contributed by atoms with E-state index in [1.807, 2.05) is 0 Å². The highest BCUT2D eigenvalue weighted by atomic mass is 32.2. The zero-order valence-corrected chi connectivity index (χ0v) is 12.2. The first kappa shape index (κ1) is 14.4. The van der Waals surface area contributed by atoms with Crippen LogP contribution in [0, 0.1) is 0 Å². The number of ether oxygens (including phenoxy) is 1. The van der Waals surface area contributed by atoms with Crippen molar-refractivity contribution in [2.75, 3.05) is 20.2 Å². The number of nitrogens with zero attached hydrogens (tertiary/aromatic N) is 1. The molecule has 2 N–H and O–H groups in total. The molecule has 1 fully saturated rings. The van der Waals surface area contributed by atoms with Crippen molar-refractivity contribution in [1.29, 1.82) is 0 Å².